The minimum Gasteiger partial charge on any atom is -0.349 e. The van der Waals surface area contributed by atoms with Gasteiger partial charge in [0.15, 0.2) is 0 Å². The van der Waals surface area contributed by atoms with Gasteiger partial charge in [0.1, 0.15) is 0 Å². The third-order valence-electron chi connectivity index (χ3n) is 4.95. The Morgan fingerprint density at radius 2 is 1.63 bits per heavy atom. The Balaban J connectivity index is 1.76. The monoisotopic (exact) mass is 386 g/mol. The summed E-state index contributed by atoms with van der Waals surface area (Å²) in [7, 11) is -3.45. The number of carbonyl (C=O) groups is 1. The fraction of sp³-hybridized carbons (Fsp3) is 0.381. The van der Waals surface area contributed by atoms with Crippen LogP contribution in [0.25, 0.3) is 0 Å². The average Bonchev–Trinajstić information content (AvgIpc) is 3.13. The second kappa shape index (κ2) is 8.13. The molecule has 1 saturated carbocycles. The van der Waals surface area contributed by atoms with Gasteiger partial charge in [-0.25, -0.2) is 8.42 Å². The second-order valence-corrected chi connectivity index (χ2v) is 9.16. The molecule has 2 aromatic carbocycles. The van der Waals surface area contributed by atoms with Crippen LogP contribution in [0.3, 0.4) is 0 Å². The van der Waals surface area contributed by atoms with Crippen LogP contribution in [0, 0.1) is 6.92 Å². The van der Waals surface area contributed by atoms with E-state index in [1.807, 2.05) is 31.2 Å². The molecule has 0 saturated heterocycles. The number of rotatable bonds is 6. The molecule has 144 valence electrons. The predicted octanol–water partition coefficient (Wildman–Crippen LogP) is 3.63. The first-order chi connectivity index (χ1) is 12.8. The Morgan fingerprint density at radius 1 is 1.04 bits per heavy atom. The molecule has 1 aliphatic rings. The van der Waals surface area contributed by atoms with Crippen LogP contribution in [0.4, 0.5) is 5.69 Å². The molecule has 0 spiro atoms. The van der Waals surface area contributed by atoms with E-state index in [4.69, 9.17) is 0 Å². The summed E-state index contributed by atoms with van der Waals surface area (Å²) in [6, 6.07) is 14.8. The Kier molecular flexibility index (Phi) is 5.85. The number of anilines is 1. The number of nitrogens with zero attached hydrogens (tertiary/aromatic N) is 1. The number of amides is 1. The quantitative estimate of drug-likeness (QED) is 0.824. The van der Waals surface area contributed by atoms with Crippen LogP contribution in [0.2, 0.25) is 0 Å². The van der Waals surface area contributed by atoms with E-state index in [1.54, 1.807) is 24.3 Å². The van der Waals surface area contributed by atoms with E-state index in [0.717, 1.165) is 36.8 Å². The average molecular weight is 387 g/mol. The molecule has 2 aromatic rings. The molecule has 0 aliphatic heterocycles. The molecule has 0 unspecified atom stereocenters. The fourth-order valence-electron chi connectivity index (χ4n) is 3.38. The molecule has 27 heavy (non-hydrogen) atoms. The van der Waals surface area contributed by atoms with Crippen LogP contribution >= 0.6 is 0 Å². The SMILES string of the molecule is Cc1ccc(CN(c2ccc(C(=O)NC3CCCC3)cc2)S(C)(=O)=O)cc1. The molecule has 5 nitrogen and oxygen atoms in total. The summed E-state index contributed by atoms with van der Waals surface area (Å²) >= 11 is 0. The van der Waals surface area contributed by atoms with Crippen molar-refractivity contribution in [3.05, 3.63) is 65.2 Å². The van der Waals surface area contributed by atoms with Gasteiger partial charge in [-0.15, -0.1) is 0 Å². The summed E-state index contributed by atoms with van der Waals surface area (Å²) in [4.78, 5) is 12.4. The molecular formula is C21H26N2O3S. The Hall–Kier alpha value is -2.34. The van der Waals surface area contributed by atoms with Gasteiger partial charge >= 0.3 is 0 Å². The van der Waals surface area contributed by atoms with Crippen molar-refractivity contribution in [2.45, 2.75) is 45.2 Å². The Labute approximate surface area is 161 Å². The van der Waals surface area contributed by atoms with Gasteiger partial charge in [-0.2, -0.15) is 0 Å². The Bertz CT molecular complexity index is 884. The molecule has 1 amide bonds. The van der Waals surface area contributed by atoms with Gasteiger partial charge in [0, 0.05) is 11.6 Å². The highest BCUT2D eigenvalue weighted by Crippen LogP contribution is 2.22. The number of hydrogen-bond acceptors (Lipinski definition) is 3. The Morgan fingerprint density at radius 3 is 2.19 bits per heavy atom. The first-order valence-corrected chi connectivity index (χ1v) is 11.1. The van der Waals surface area contributed by atoms with Crippen LogP contribution in [-0.2, 0) is 16.6 Å². The van der Waals surface area contributed by atoms with E-state index in [-0.39, 0.29) is 18.5 Å². The topological polar surface area (TPSA) is 66.5 Å². The van der Waals surface area contributed by atoms with Crippen molar-refractivity contribution in [3.8, 4) is 0 Å². The van der Waals surface area contributed by atoms with Crippen LogP contribution in [-0.4, -0.2) is 26.6 Å². The van der Waals surface area contributed by atoms with E-state index in [2.05, 4.69) is 5.32 Å². The molecule has 3 rings (SSSR count). The maximum atomic E-state index is 12.4. The first kappa shape index (κ1) is 19.4. The van der Waals surface area contributed by atoms with E-state index in [9.17, 15) is 13.2 Å². The van der Waals surface area contributed by atoms with Crippen molar-refractivity contribution >= 4 is 21.6 Å². The zero-order valence-corrected chi connectivity index (χ0v) is 16.6. The van der Waals surface area contributed by atoms with E-state index in [1.165, 1.54) is 10.6 Å². The molecular weight excluding hydrogens is 360 g/mol. The molecule has 0 bridgehead atoms. The molecule has 1 aliphatic carbocycles. The number of hydrogen-bond donors (Lipinski definition) is 1. The molecule has 0 aromatic heterocycles. The smallest absolute Gasteiger partial charge is 0.251 e. The molecule has 1 fully saturated rings. The highest BCUT2D eigenvalue weighted by Gasteiger charge is 2.20. The minimum atomic E-state index is -3.45. The number of benzene rings is 2. The van der Waals surface area contributed by atoms with Gasteiger partial charge < -0.3 is 5.32 Å². The van der Waals surface area contributed by atoms with Crippen LogP contribution in [0.15, 0.2) is 48.5 Å². The fourth-order valence-corrected chi connectivity index (χ4v) is 4.27. The number of sulfonamides is 1. The predicted molar refractivity (Wildman–Crippen MR) is 108 cm³/mol. The van der Waals surface area contributed by atoms with E-state index in [0.29, 0.717) is 11.3 Å². The molecule has 0 radical (unpaired) electrons. The molecule has 6 heteroatoms. The van der Waals surface area contributed by atoms with Crippen molar-refractivity contribution in [1.29, 1.82) is 0 Å². The van der Waals surface area contributed by atoms with Crippen molar-refractivity contribution < 1.29 is 13.2 Å². The third-order valence-corrected chi connectivity index (χ3v) is 6.10. The summed E-state index contributed by atoms with van der Waals surface area (Å²) in [6.07, 6.45) is 5.57. The zero-order valence-electron chi connectivity index (χ0n) is 15.8. The van der Waals surface area contributed by atoms with Crippen molar-refractivity contribution in [3.63, 3.8) is 0 Å². The molecule has 1 N–H and O–H groups in total. The van der Waals surface area contributed by atoms with Crippen molar-refractivity contribution in [2.75, 3.05) is 10.6 Å². The third kappa shape index (κ3) is 5.10. The lowest BCUT2D eigenvalue weighted by atomic mass is 10.1. The normalized spacial score (nSPS) is 14.9. The summed E-state index contributed by atoms with van der Waals surface area (Å²) in [5.41, 5.74) is 3.14. The summed E-state index contributed by atoms with van der Waals surface area (Å²) in [5, 5.41) is 3.05. The van der Waals surface area contributed by atoms with Crippen molar-refractivity contribution in [1.82, 2.24) is 5.32 Å². The summed E-state index contributed by atoms with van der Waals surface area (Å²) in [5.74, 6) is -0.0992. The summed E-state index contributed by atoms with van der Waals surface area (Å²) < 4.78 is 26.0. The lowest BCUT2D eigenvalue weighted by Crippen LogP contribution is -2.32. The van der Waals surface area contributed by atoms with Gasteiger partial charge in [0.2, 0.25) is 10.0 Å². The maximum Gasteiger partial charge on any atom is 0.251 e. The molecule has 0 heterocycles. The van der Waals surface area contributed by atoms with Crippen LogP contribution in [0.1, 0.15) is 47.2 Å². The van der Waals surface area contributed by atoms with Gasteiger partial charge in [0.05, 0.1) is 18.5 Å². The summed E-state index contributed by atoms with van der Waals surface area (Å²) in [6.45, 7) is 2.25. The van der Waals surface area contributed by atoms with E-state index < -0.39 is 10.0 Å². The van der Waals surface area contributed by atoms with Gasteiger partial charge in [-0.3, -0.25) is 9.10 Å². The standard InChI is InChI=1S/C21H26N2O3S/c1-16-7-9-17(10-8-16)15-23(27(2,25)26)20-13-11-18(12-14-20)21(24)22-19-5-3-4-6-19/h7-14,19H,3-6,15H2,1-2H3,(H,22,24). The first-order valence-electron chi connectivity index (χ1n) is 9.27. The zero-order chi connectivity index (χ0) is 19.4. The lowest BCUT2D eigenvalue weighted by Gasteiger charge is -2.23. The van der Waals surface area contributed by atoms with Crippen LogP contribution < -0.4 is 9.62 Å². The lowest BCUT2D eigenvalue weighted by molar-refractivity contribution is 0.0938. The highest BCUT2D eigenvalue weighted by molar-refractivity contribution is 7.92. The van der Waals surface area contributed by atoms with Gasteiger partial charge in [-0.05, 0) is 49.6 Å². The minimum absolute atomic E-state index is 0.0992. The second-order valence-electron chi connectivity index (χ2n) is 7.26. The van der Waals surface area contributed by atoms with Gasteiger partial charge in [0.25, 0.3) is 5.91 Å². The molecule has 0 atom stereocenters. The van der Waals surface area contributed by atoms with Gasteiger partial charge in [-0.1, -0.05) is 42.7 Å². The number of carbonyl (C=O) groups excluding carboxylic acids is 1. The number of aryl methyl sites for hydroxylation is 1. The van der Waals surface area contributed by atoms with E-state index >= 15 is 0 Å². The maximum absolute atomic E-state index is 12.4. The van der Waals surface area contributed by atoms with Crippen LogP contribution in [0.5, 0.6) is 0 Å². The highest BCUT2D eigenvalue weighted by atomic mass is 32.2. The number of nitrogens with one attached hydrogen (secondary N) is 1. The largest absolute Gasteiger partial charge is 0.349 e. The van der Waals surface area contributed by atoms with Crippen molar-refractivity contribution in [2.24, 2.45) is 0 Å².